The minimum absolute atomic E-state index is 0.213. The summed E-state index contributed by atoms with van der Waals surface area (Å²) in [6.07, 6.45) is 0. The summed E-state index contributed by atoms with van der Waals surface area (Å²) in [6, 6.07) is 8.02. The molecule has 3 nitrogen and oxygen atoms in total. The predicted octanol–water partition coefficient (Wildman–Crippen LogP) is 2.53. The van der Waals surface area contributed by atoms with Crippen LogP contribution in [0.25, 0.3) is 0 Å². The Balaban J connectivity index is 2.69. The molecule has 0 unspecified atom stereocenters. The molecule has 0 bridgehead atoms. The summed E-state index contributed by atoms with van der Waals surface area (Å²) < 4.78 is 2.38. The molecular formula is C9H5Cl3O3. The molecule has 0 aromatic heterocycles. The van der Waals surface area contributed by atoms with Gasteiger partial charge in [0.1, 0.15) is 5.75 Å². The summed E-state index contributed by atoms with van der Waals surface area (Å²) >= 11 is 15.7. The summed E-state index contributed by atoms with van der Waals surface area (Å²) in [4.78, 5) is 22.2. The highest BCUT2D eigenvalue weighted by molar-refractivity contribution is 6.81. The maximum atomic E-state index is 11.1. The minimum atomic E-state index is -2.29. The van der Waals surface area contributed by atoms with Gasteiger partial charge < -0.3 is 4.74 Å². The van der Waals surface area contributed by atoms with E-state index < -0.39 is 15.5 Å². The fourth-order valence-corrected chi connectivity index (χ4v) is 0.989. The van der Waals surface area contributed by atoms with Crippen molar-refractivity contribution < 1.29 is 14.3 Å². The zero-order valence-electron chi connectivity index (χ0n) is 7.25. The second-order valence-electron chi connectivity index (χ2n) is 2.53. The molecule has 0 aliphatic heterocycles. The van der Waals surface area contributed by atoms with Gasteiger partial charge in [0.2, 0.25) is 0 Å². The number of halogens is 3. The quantitative estimate of drug-likeness (QED) is 0.358. The molecule has 15 heavy (non-hydrogen) atoms. The number of carbonyl (C=O) groups is 2. The predicted molar refractivity (Wildman–Crippen MR) is 57.4 cm³/mol. The first-order valence-electron chi connectivity index (χ1n) is 3.79. The Kier molecular flexibility index (Phi) is 3.97. The molecule has 0 radical (unpaired) electrons. The molecular weight excluding hydrogens is 262 g/mol. The van der Waals surface area contributed by atoms with E-state index in [1.165, 1.54) is 12.1 Å². The molecule has 0 spiro atoms. The molecule has 0 saturated carbocycles. The maximum Gasteiger partial charge on any atom is 0.384 e. The van der Waals surface area contributed by atoms with Crippen LogP contribution in [0.2, 0.25) is 0 Å². The van der Waals surface area contributed by atoms with Gasteiger partial charge in [0, 0.05) is 0 Å². The van der Waals surface area contributed by atoms with Crippen LogP contribution in [0, 0.1) is 0 Å². The summed E-state index contributed by atoms with van der Waals surface area (Å²) in [6.45, 7) is 0. The zero-order chi connectivity index (χ0) is 11.5. The number of esters is 1. The van der Waals surface area contributed by atoms with Gasteiger partial charge in [-0.1, -0.05) is 53.0 Å². The van der Waals surface area contributed by atoms with E-state index in [0.29, 0.717) is 0 Å². The van der Waals surface area contributed by atoms with Crippen LogP contribution in [-0.4, -0.2) is 15.5 Å². The summed E-state index contributed by atoms with van der Waals surface area (Å²) in [7, 11) is 0. The van der Waals surface area contributed by atoms with Crippen molar-refractivity contribution in [2.45, 2.75) is 3.79 Å². The fraction of sp³-hybridized carbons (Fsp3) is 0.111. The van der Waals surface area contributed by atoms with Gasteiger partial charge in [0.05, 0.1) is 0 Å². The number of para-hydroxylation sites is 1. The highest BCUT2D eigenvalue weighted by atomic mass is 35.6. The van der Waals surface area contributed by atoms with Crippen molar-refractivity contribution in [1.29, 1.82) is 0 Å². The molecule has 1 rings (SSSR count). The van der Waals surface area contributed by atoms with Gasteiger partial charge in [0.25, 0.3) is 9.58 Å². The van der Waals surface area contributed by atoms with Gasteiger partial charge in [-0.3, -0.25) is 4.79 Å². The number of ketones is 1. The van der Waals surface area contributed by atoms with E-state index in [0.717, 1.165) is 0 Å². The van der Waals surface area contributed by atoms with Crippen molar-refractivity contribution in [3.05, 3.63) is 30.3 Å². The third kappa shape index (κ3) is 3.70. The lowest BCUT2D eigenvalue weighted by Gasteiger charge is -2.08. The Labute approximate surface area is 101 Å². The number of alkyl halides is 3. The lowest BCUT2D eigenvalue weighted by atomic mass is 10.3. The van der Waals surface area contributed by atoms with Crippen LogP contribution in [0.3, 0.4) is 0 Å². The first-order chi connectivity index (χ1) is 6.91. The van der Waals surface area contributed by atoms with E-state index >= 15 is 0 Å². The molecule has 1 aromatic rings. The Morgan fingerprint density at radius 2 is 1.60 bits per heavy atom. The van der Waals surface area contributed by atoms with Crippen LogP contribution in [0.4, 0.5) is 0 Å². The maximum absolute atomic E-state index is 11.1. The van der Waals surface area contributed by atoms with Gasteiger partial charge in [-0.05, 0) is 12.1 Å². The monoisotopic (exact) mass is 266 g/mol. The highest BCUT2D eigenvalue weighted by Gasteiger charge is 2.37. The topological polar surface area (TPSA) is 43.4 Å². The van der Waals surface area contributed by atoms with Crippen molar-refractivity contribution >= 4 is 46.6 Å². The average Bonchev–Trinajstić information content (AvgIpc) is 2.16. The van der Waals surface area contributed by atoms with E-state index in [-0.39, 0.29) is 5.75 Å². The molecule has 0 atom stereocenters. The fourth-order valence-electron chi connectivity index (χ4n) is 0.758. The van der Waals surface area contributed by atoms with E-state index in [9.17, 15) is 9.59 Å². The number of hydrogen-bond acceptors (Lipinski definition) is 3. The standard InChI is InChI=1S/C9H5Cl3O3/c10-9(11,12)7(13)8(14)15-6-4-2-1-3-5-6/h1-5H. The Bertz CT molecular complexity index is 370. The molecule has 1 aromatic carbocycles. The van der Waals surface area contributed by atoms with Crippen molar-refractivity contribution in [2.75, 3.05) is 0 Å². The molecule has 80 valence electrons. The normalized spacial score (nSPS) is 10.9. The first kappa shape index (κ1) is 12.3. The van der Waals surface area contributed by atoms with Gasteiger partial charge in [-0.25, -0.2) is 4.79 Å². The van der Waals surface area contributed by atoms with Gasteiger partial charge >= 0.3 is 5.97 Å². The van der Waals surface area contributed by atoms with E-state index in [2.05, 4.69) is 4.74 Å². The van der Waals surface area contributed by atoms with Crippen LogP contribution in [0.5, 0.6) is 5.75 Å². The zero-order valence-corrected chi connectivity index (χ0v) is 9.51. The smallest absolute Gasteiger partial charge is 0.384 e. The largest absolute Gasteiger partial charge is 0.421 e. The number of Topliss-reactive ketones (excluding diaryl/α,β-unsaturated/α-hetero) is 1. The van der Waals surface area contributed by atoms with Gasteiger partial charge in [-0.15, -0.1) is 0 Å². The second kappa shape index (κ2) is 4.84. The SMILES string of the molecule is O=C(Oc1ccccc1)C(=O)C(Cl)(Cl)Cl. The number of ether oxygens (including phenoxy) is 1. The third-order valence-electron chi connectivity index (χ3n) is 1.40. The van der Waals surface area contributed by atoms with E-state index in [1.54, 1.807) is 18.2 Å². The molecule has 0 heterocycles. The molecule has 0 N–H and O–H groups in total. The first-order valence-corrected chi connectivity index (χ1v) is 4.93. The number of benzene rings is 1. The number of rotatable bonds is 2. The van der Waals surface area contributed by atoms with Gasteiger partial charge in [-0.2, -0.15) is 0 Å². The molecule has 0 aliphatic carbocycles. The molecule has 0 saturated heterocycles. The number of hydrogen-bond donors (Lipinski definition) is 0. The van der Waals surface area contributed by atoms with Crippen LogP contribution in [-0.2, 0) is 9.59 Å². The lowest BCUT2D eigenvalue weighted by molar-refractivity contribution is -0.146. The Morgan fingerprint density at radius 3 is 2.07 bits per heavy atom. The van der Waals surface area contributed by atoms with Crippen LogP contribution in [0.1, 0.15) is 0 Å². The van der Waals surface area contributed by atoms with Crippen molar-refractivity contribution in [3.63, 3.8) is 0 Å². The second-order valence-corrected chi connectivity index (χ2v) is 4.81. The van der Waals surface area contributed by atoms with Crippen LogP contribution >= 0.6 is 34.8 Å². The van der Waals surface area contributed by atoms with E-state index in [4.69, 9.17) is 34.8 Å². The summed E-state index contributed by atoms with van der Waals surface area (Å²) in [5, 5.41) is 0. The Hall–Kier alpha value is -0.770. The summed E-state index contributed by atoms with van der Waals surface area (Å²) in [5.41, 5.74) is 0. The minimum Gasteiger partial charge on any atom is -0.421 e. The number of carbonyl (C=O) groups excluding carboxylic acids is 2. The lowest BCUT2D eigenvalue weighted by Crippen LogP contribution is -2.31. The van der Waals surface area contributed by atoms with Crippen molar-refractivity contribution in [3.8, 4) is 5.75 Å². The van der Waals surface area contributed by atoms with Crippen molar-refractivity contribution in [1.82, 2.24) is 0 Å². The van der Waals surface area contributed by atoms with Crippen LogP contribution in [0.15, 0.2) is 30.3 Å². The third-order valence-corrected chi connectivity index (χ3v) is 1.91. The van der Waals surface area contributed by atoms with Crippen LogP contribution < -0.4 is 4.74 Å². The molecule has 0 aliphatic rings. The molecule has 6 heteroatoms. The summed E-state index contributed by atoms with van der Waals surface area (Å²) in [5.74, 6) is -2.22. The molecule has 0 amide bonds. The highest BCUT2D eigenvalue weighted by Crippen LogP contribution is 2.27. The van der Waals surface area contributed by atoms with Gasteiger partial charge in [0.15, 0.2) is 0 Å². The van der Waals surface area contributed by atoms with E-state index in [1.807, 2.05) is 0 Å². The Morgan fingerprint density at radius 1 is 1.07 bits per heavy atom. The molecule has 0 fully saturated rings. The average molecular weight is 267 g/mol. The van der Waals surface area contributed by atoms with Crippen molar-refractivity contribution in [2.24, 2.45) is 0 Å².